The summed E-state index contributed by atoms with van der Waals surface area (Å²) in [7, 11) is 0. The molecule has 0 radical (unpaired) electrons. The summed E-state index contributed by atoms with van der Waals surface area (Å²) in [6.45, 7) is 4.32. The second-order valence-electron chi connectivity index (χ2n) is 5.35. The lowest BCUT2D eigenvalue weighted by atomic mass is 10.2. The maximum absolute atomic E-state index is 5.47. The maximum Gasteiger partial charge on any atom is 0.231 e. The summed E-state index contributed by atoms with van der Waals surface area (Å²) in [5, 5.41) is 4.64. The van der Waals surface area contributed by atoms with Crippen LogP contribution < -0.4 is 9.47 Å². The number of hydrogen-bond donors (Lipinski definition) is 0. The van der Waals surface area contributed by atoms with Gasteiger partial charge in [-0.25, -0.2) is 9.67 Å². The van der Waals surface area contributed by atoms with Gasteiger partial charge in [0.15, 0.2) is 23.1 Å². The first kappa shape index (κ1) is 13.8. The van der Waals surface area contributed by atoms with Crippen LogP contribution in [0.25, 0.3) is 17.1 Å². The average molecular weight is 308 g/mol. The molecule has 1 aromatic carbocycles. The van der Waals surface area contributed by atoms with E-state index in [0.717, 1.165) is 46.4 Å². The quantitative estimate of drug-likeness (QED) is 0.744. The molecule has 3 aromatic rings. The van der Waals surface area contributed by atoms with Crippen molar-refractivity contribution < 1.29 is 9.47 Å². The molecule has 3 heterocycles. The molecule has 0 bridgehead atoms. The van der Waals surface area contributed by atoms with E-state index in [-0.39, 0.29) is 6.79 Å². The molecule has 1 aliphatic rings. The summed E-state index contributed by atoms with van der Waals surface area (Å²) < 4.78 is 12.7. The van der Waals surface area contributed by atoms with E-state index < -0.39 is 0 Å². The molecule has 6 heteroatoms. The van der Waals surface area contributed by atoms with Gasteiger partial charge < -0.3 is 9.47 Å². The molecule has 0 saturated carbocycles. The van der Waals surface area contributed by atoms with E-state index in [9.17, 15) is 0 Å². The number of aromatic nitrogens is 4. The van der Waals surface area contributed by atoms with Crippen LogP contribution in [0.5, 0.6) is 11.5 Å². The first-order chi connectivity index (χ1) is 11.3. The third-order valence-electron chi connectivity index (χ3n) is 3.82. The molecule has 4 rings (SSSR count). The molecule has 2 aromatic heterocycles. The third kappa shape index (κ3) is 2.32. The summed E-state index contributed by atoms with van der Waals surface area (Å²) in [6, 6.07) is 7.77. The van der Waals surface area contributed by atoms with Crippen molar-refractivity contribution in [1.29, 1.82) is 0 Å². The number of fused-ring (bicyclic) bond motifs is 1. The van der Waals surface area contributed by atoms with Crippen LogP contribution in [0.3, 0.4) is 0 Å². The molecule has 0 N–H and O–H groups in total. The Morgan fingerprint density at radius 1 is 1.17 bits per heavy atom. The van der Waals surface area contributed by atoms with Crippen molar-refractivity contribution in [3.63, 3.8) is 0 Å². The number of pyridine rings is 1. The predicted molar refractivity (Wildman–Crippen MR) is 84.8 cm³/mol. The highest BCUT2D eigenvalue weighted by Gasteiger charge is 2.19. The van der Waals surface area contributed by atoms with Crippen LogP contribution in [0.15, 0.2) is 36.7 Å². The van der Waals surface area contributed by atoms with Gasteiger partial charge in [-0.2, -0.15) is 5.10 Å². The topological polar surface area (TPSA) is 62.1 Å². The van der Waals surface area contributed by atoms with Gasteiger partial charge in [-0.1, -0.05) is 6.92 Å². The molecular formula is C17H16N4O2. The van der Waals surface area contributed by atoms with Crippen molar-refractivity contribution in [1.82, 2.24) is 19.7 Å². The molecule has 23 heavy (non-hydrogen) atoms. The molecule has 116 valence electrons. The fraction of sp³-hybridized carbons (Fsp3) is 0.235. The summed E-state index contributed by atoms with van der Waals surface area (Å²) in [5.41, 5.74) is 2.96. The minimum Gasteiger partial charge on any atom is -0.454 e. The Labute approximate surface area is 133 Å². The Balaban J connectivity index is 1.88. The normalized spacial score (nSPS) is 12.6. The second kappa shape index (κ2) is 5.39. The first-order valence-electron chi connectivity index (χ1n) is 7.53. The van der Waals surface area contributed by atoms with Crippen LogP contribution in [-0.2, 0) is 6.42 Å². The zero-order valence-corrected chi connectivity index (χ0v) is 13.0. The molecule has 0 atom stereocenters. The zero-order chi connectivity index (χ0) is 15.8. The lowest BCUT2D eigenvalue weighted by Crippen LogP contribution is -2.02. The van der Waals surface area contributed by atoms with Gasteiger partial charge >= 0.3 is 0 Å². The first-order valence-corrected chi connectivity index (χ1v) is 7.53. The average Bonchev–Trinajstić information content (AvgIpc) is 3.21. The number of rotatable bonds is 3. The van der Waals surface area contributed by atoms with Crippen LogP contribution in [0, 0.1) is 6.92 Å². The number of benzene rings is 1. The fourth-order valence-electron chi connectivity index (χ4n) is 2.60. The van der Waals surface area contributed by atoms with E-state index in [4.69, 9.17) is 9.47 Å². The maximum atomic E-state index is 5.47. The predicted octanol–water partition coefficient (Wildman–Crippen LogP) is 2.93. The smallest absolute Gasteiger partial charge is 0.231 e. The van der Waals surface area contributed by atoms with Gasteiger partial charge in [0, 0.05) is 24.4 Å². The zero-order valence-electron chi connectivity index (χ0n) is 13.0. The Bertz CT molecular complexity index is 873. The summed E-state index contributed by atoms with van der Waals surface area (Å²) in [5.74, 6) is 3.08. The monoisotopic (exact) mass is 308 g/mol. The number of ether oxygens (including phenoxy) is 2. The van der Waals surface area contributed by atoms with Crippen molar-refractivity contribution >= 4 is 0 Å². The van der Waals surface area contributed by atoms with Crippen LogP contribution in [0.2, 0.25) is 0 Å². The summed E-state index contributed by atoms with van der Waals surface area (Å²) >= 11 is 0. The number of nitrogens with zero attached hydrogens (tertiary/aromatic N) is 4. The highest BCUT2D eigenvalue weighted by Crippen LogP contribution is 2.36. The van der Waals surface area contributed by atoms with Gasteiger partial charge in [0.2, 0.25) is 6.79 Å². The molecule has 6 nitrogen and oxygen atoms in total. The minimum absolute atomic E-state index is 0.259. The fourth-order valence-corrected chi connectivity index (χ4v) is 2.60. The van der Waals surface area contributed by atoms with Gasteiger partial charge in [-0.05, 0) is 36.8 Å². The van der Waals surface area contributed by atoms with Crippen molar-refractivity contribution in [3.8, 4) is 28.6 Å². The van der Waals surface area contributed by atoms with Gasteiger partial charge in [-0.15, -0.1) is 0 Å². The molecular weight excluding hydrogens is 292 g/mol. The minimum atomic E-state index is 0.259. The second-order valence-corrected chi connectivity index (χ2v) is 5.35. The number of aryl methyl sites for hydroxylation is 2. The van der Waals surface area contributed by atoms with Crippen LogP contribution in [0.4, 0.5) is 0 Å². The van der Waals surface area contributed by atoms with Gasteiger partial charge in [0.1, 0.15) is 0 Å². The van der Waals surface area contributed by atoms with Crippen molar-refractivity contribution in [3.05, 3.63) is 48.0 Å². The van der Waals surface area contributed by atoms with Gasteiger partial charge in [0.25, 0.3) is 0 Å². The SMILES string of the molecule is CCc1nc(-c2ccc3c(c2)OCO3)n(-c2ccncc2C)n1. The van der Waals surface area contributed by atoms with Gasteiger partial charge in [0.05, 0.1) is 5.69 Å². The van der Waals surface area contributed by atoms with E-state index in [2.05, 4.69) is 15.1 Å². The van der Waals surface area contributed by atoms with Crippen LogP contribution in [-0.4, -0.2) is 26.5 Å². The van der Waals surface area contributed by atoms with E-state index >= 15 is 0 Å². The van der Waals surface area contributed by atoms with Crippen LogP contribution >= 0.6 is 0 Å². The van der Waals surface area contributed by atoms with E-state index in [1.54, 1.807) is 6.20 Å². The standard InChI is InChI=1S/C17H16N4O2/c1-3-16-19-17(12-4-5-14-15(8-12)23-10-22-14)21(20-16)13-6-7-18-9-11(13)2/h4-9H,3,10H2,1-2H3. The van der Waals surface area contributed by atoms with E-state index in [1.165, 1.54) is 0 Å². The van der Waals surface area contributed by atoms with Crippen LogP contribution in [0.1, 0.15) is 18.3 Å². The number of hydrogen-bond acceptors (Lipinski definition) is 5. The van der Waals surface area contributed by atoms with Crippen molar-refractivity contribution in [2.45, 2.75) is 20.3 Å². The molecule has 1 aliphatic heterocycles. The Morgan fingerprint density at radius 2 is 2.04 bits per heavy atom. The van der Waals surface area contributed by atoms with Crippen molar-refractivity contribution in [2.24, 2.45) is 0 Å². The Morgan fingerprint density at radius 3 is 2.87 bits per heavy atom. The molecule has 0 amide bonds. The van der Waals surface area contributed by atoms with Crippen molar-refractivity contribution in [2.75, 3.05) is 6.79 Å². The largest absolute Gasteiger partial charge is 0.454 e. The molecule has 0 saturated heterocycles. The third-order valence-corrected chi connectivity index (χ3v) is 3.82. The van der Waals surface area contributed by atoms with E-state index in [1.807, 2.05) is 49.0 Å². The molecule has 0 fully saturated rings. The van der Waals surface area contributed by atoms with Gasteiger partial charge in [-0.3, -0.25) is 4.98 Å². The molecule has 0 aliphatic carbocycles. The highest BCUT2D eigenvalue weighted by atomic mass is 16.7. The summed E-state index contributed by atoms with van der Waals surface area (Å²) in [6.07, 6.45) is 4.36. The molecule has 0 spiro atoms. The lowest BCUT2D eigenvalue weighted by Gasteiger charge is -2.08. The highest BCUT2D eigenvalue weighted by molar-refractivity contribution is 5.64. The lowest BCUT2D eigenvalue weighted by molar-refractivity contribution is 0.174. The summed E-state index contributed by atoms with van der Waals surface area (Å²) in [4.78, 5) is 8.83. The van der Waals surface area contributed by atoms with E-state index in [0.29, 0.717) is 0 Å². The Kier molecular flexibility index (Phi) is 3.22. The Hall–Kier alpha value is -2.89. The molecule has 0 unspecified atom stereocenters.